The van der Waals surface area contributed by atoms with E-state index in [0.29, 0.717) is 0 Å². The summed E-state index contributed by atoms with van der Waals surface area (Å²) in [6, 6.07) is 8.24. The van der Waals surface area contributed by atoms with Gasteiger partial charge in [0.2, 0.25) is 0 Å². The van der Waals surface area contributed by atoms with Crippen molar-refractivity contribution in [2.45, 2.75) is 0 Å². The van der Waals surface area contributed by atoms with E-state index in [1.807, 2.05) is 12.1 Å². The van der Waals surface area contributed by atoms with Crippen molar-refractivity contribution in [3.8, 4) is 10.4 Å². The fourth-order valence-electron chi connectivity index (χ4n) is 1.49. The molecule has 0 aliphatic rings. The average Bonchev–Trinajstić information content (AvgIpc) is 2.87. The van der Waals surface area contributed by atoms with Gasteiger partial charge in [0.1, 0.15) is 11.0 Å². The lowest BCUT2D eigenvalue weighted by Gasteiger charge is -1.99. The van der Waals surface area contributed by atoms with Gasteiger partial charge < -0.3 is 0 Å². The lowest BCUT2D eigenvalue weighted by molar-refractivity contribution is 1.61. The van der Waals surface area contributed by atoms with E-state index in [2.05, 4.69) is 52.7 Å². The molecule has 0 N–H and O–H groups in total. The zero-order valence-corrected chi connectivity index (χ0v) is 12.6. The Balaban J connectivity index is 2.32. The van der Waals surface area contributed by atoms with Crippen LogP contribution >= 0.6 is 54.9 Å². The highest BCUT2D eigenvalue weighted by Gasteiger charge is 2.11. The van der Waals surface area contributed by atoms with Crippen LogP contribution in [0.2, 0.25) is 0 Å². The first kappa shape index (κ1) is 10.8. The van der Waals surface area contributed by atoms with E-state index in [1.54, 1.807) is 11.3 Å². The Bertz CT molecular complexity index is 660. The molecular formula is C10H4Br2N2S2. The van der Waals surface area contributed by atoms with E-state index in [-0.39, 0.29) is 0 Å². The van der Waals surface area contributed by atoms with Gasteiger partial charge in [-0.2, -0.15) is 8.75 Å². The van der Waals surface area contributed by atoms with Crippen LogP contribution in [0.3, 0.4) is 0 Å². The Labute approximate surface area is 117 Å². The third kappa shape index (κ3) is 1.73. The summed E-state index contributed by atoms with van der Waals surface area (Å²) in [6.07, 6.45) is 0. The van der Waals surface area contributed by atoms with Crippen molar-refractivity contribution in [3.05, 3.63) is 32.5 Å². The van der Waals surface area contributed by atoms with Crippen LogP contribution in [0.1, 0.15) is 0 Å². The molecule has 0 aliphatic carbocycles. The van der Waals surface area contributed by atoms with Crippen LogP contribution in [0.25, 0.3) is 21.5 Å². The summed E-state index contributed by atoms with van der Waals surface area (Å²) >= 11 is 9.91. The molecule has 1 aromatic carbocycles. The van der Waals surface area contributed by atoms with Crippen molar-refractivity contribution in [2.24, 2.45) is 0 Å². The van der Waals surface area contributed by atoms with E-state index >= 15 is 0 Å². The predicted molar refractivity (Wildman–Crippen MR) is 76.1 cm³/mol. The number of nitrogens with zero attached hydrogens (tertiary/aromatic N) is 2. The second-order valence-electron chi connectivity index (χ2n) is 3.16. The maximum Gasteiger partial charge on any atom is 0.119 e. The minimum atomic E-state index is 0.937. The van der Waals surface area contributed by atoms with Crippen LogP contribution in [-0.2, 0) is 0 Å². The molecule has 0 atom stereocenters. The van der Waals surface area contributed by atoms with Gasteiger partial charge in [0.25, 0.3) is 0 Å². The van der Waals surface area contributed by atoms with Crippen LogP contribution in [0.5, 0.6) is 0 Å². The topological polar surface area (TPSA) is 25.8 Å². The van der Waals surface area contributed by atoms with E-state index < -0.39 is 0 Å². The van der Waals surface area contributed by atoms with Crippen LogP contribution in [0, 0.1) is 0 Å². The number of halogens is 2. The molecule has 16 heavy (non-hydrogen) atoms. The number of fused-ring (bicyclic) bond motifs is 1. The van der Waals surface area contributed by atoms with Crippen molar-refractivity contribution in [1.82, 2.24) is 8.75 Å². The molecule has 0 amide bonds. The Hall–Kier alpha value is -0.300. The maximum absolute atomic E-state index is 4.36. The summed E-state index contributed by atoms with van der Waals surface area (Å²) in [4.78, 5) is 1.21. The molecule has 2 nitrogen and oxygen atoms in total. The van der Waals surface area contributed by atoms with Gasteiger partial charge in [-0.15, -0.1) is 11.3 Å². The molecule has 2 aromatic heterocycles. The SMILES string of the molecule is Brc1ccc(-c2ccc(Br)c3nsnc23)s1. The molecule has 0 spiro atoms. The highest BCUT2D eigenvalue weighted by molar-refractivity contribution is 9.11. The minimum absolute atomic E-state index is 0.937. The lowest BCUT2D eigenvalue weighted by atomic mass is 10.1. The summed E-state index contributed by atoms with van der Waals surface area (Å²) in [7, 11) is 0. The van der Waals surface area contributed by atoms with E-state index in [1.165, 1.54) is 16.6 Å². The highest BCUT2D eigenvalue weighted by Crippen LogP contribution is 2.36. The molecule has 0 bridgehead atoms. The first-order valence-corrected chi connectivity index (χ1v) is 7.55. The van der Waals surface area contributed by atoms with Gasteiger partial charge in [0, 0.05) is 14.9 Å². The van der Waals surface area contributed by atoms with Gasteiger partial charge in [0.05, 0.1) is 15.5 Å². The molecule has 0 fully saturated rings. The lowest BCUT2D eigenvalue weighted by Crippen LogP contribution is -1.78. The van der Waals surface area contributed by atoms with Crippen LogP contribution in [0.15, 0.2) is 32.5 Å². The molecule has 80 valence electrons. The fraction of sp³-hybridized carbons (Fsp3) is 0. The zero-order valence-electron chi connectivity index (χ0n) is 7.78. The monoisotopic (exact) mass is 374 g/mol. The van der Waals surface area contributed by atoms with Crippen molar-refractivity contribution >= 4 is 66.0 Å². The van der Waals surface area contributed by atoms with Gasteiger partial charge >= 0.3 is 0 Å². The zero-order chi connectivity index (χ0) is 11.1. The van der Waals surface area contributed by atoms with Crippen LogP contribution < -0.4 is 0 Å². The quantitative estimate of drug-likeness (QED) is 0.601. The number of rotatable bonds is 1. The molecule has 0 unspecified atom stereocenters. The predicted octanol–water partition coefficient (Wildman–Crippen LogP) is 4.94. The van der Waals surface area contributed by atoms with Gasteiger partial charge in [-0.1, -0.05) is 6.07 Å². The van der Waals surface area contributed by atoms with Crippen molar-refractivity contribution in [3.63, 3.8) is 0 Å². The average molecular weight is 376 g/mol. The number of benzene rings is 1. The minimum Gasteiger partial charge on any atom is -0.172 e. The Kier molecular flexibility index (Phi) is 2.83. The second-order valence-corrected chi connectivity index (χ2v) is 7.01. The molecular weight excluding hydrogens is 372 g/mol. The number of hydrogen-bond acceptors (Lipinski definition) is 4. The van der Waals surface area contributed by atoms with Gasteiger partial charge in [0.15, 0.2) is 0 Å². The summed E-state index contributed by atoms with van der Waals surface area (Å²) in [5.74, 6) is 0. The van der Waals surface area contributed by atoms with Crippen molar-refractivity contribution in [1.29, 1.82) is 0 Å². The normalized spacial score (nSPS) is 11.1. The molecule has 3 aromatic rings. The first-order valence-electron chi connectivity index (χ1n) is 4.42. The standard InChI is InChI=1S/C10H4Br2N2S2/c11-6-2-1-5(7-3-4-8(12)15-7)9-10(6)14-16-13-9/h1-4H. The Morgan fingerprint density at radius 1 is 0.938 bits per heavy atom. The molecule has 6 heteroatoms. The second kappa shape index (κ2) is 4.18. The number of aromatic nitrogens is 2. The summed E-state index contributed by atoms with van der Waals surface area (Å²) in [6.45, 7) is 0. The molecule has 0 aliphatic heterocycles. The third-order valence-electron chi connectivity index (χ3n) is 2.20. The number of thiophene rings is 1. The Morgan fingerprint density at radius 2 is 1.75 bits per heavy atom. The maximum atomic E-state index is 4.36. The van der Waals surface area contributed by atoms with Crippen LogP contribution in [-0.4, -0.2) is 8.75 Å². The van der Waals surface area contributed by atoms with Crippen molar-refractivity contribution < 1.29 is 0 Å². The van der Waals surface area contributed by atoms with Crippen LogP contribution in [0.4, 0.5) is 0 Å². The summed E-state index contributed by atoms with van der Waals surface area (Å²) in [5, 5.41) is 0. The molecule has 3 rings (SSSR count). The highest BCUT2D eigenvalue weighted by atomic mass is 79.9. The summed E-state index contributed by atoms with van der Waals surface area (Å²) in [5.41, 5.74) is 3.04. The molecule has 0 radical (unpaired) electrons. The van der Waals surface area contributed by atoms with E-state index in [9.17, 15) is 0 Å². The molecule has 0 saturated carbocycles. The van der Waals surface area contributed by atoms with Gasteiger partial charge in [-0.3, -0.25) is 0 Å². The molecule has 0 saturated heterocycles. The smallest absolute Gasteiger partial charge is 0.119 e. The van der Waals surface area contributed by atoms with Crippen molar-refractivity contribution in [2.75, 3.05) is 0 Å². The summed E-state index contributed by atoms with van der Waals surface area (Å²) < 4.78 is 10.8. The Morgan fingerprint density at radius 3 is 2.50 bits per heavy atom. The third-order valence-corrected chi connectivity index (χ3v) is 5.03. The first-order chi connectivity index (χ1) is 7.75. The van der Waals surface area contributed by atoms with Gasteiger partial charge in [-0.25, -0.2) is 0 Å². The molecule has 2 heterocycles. The van der Waals surface area contributed by atoms with Gasteiger partial charge in [-0.05, 0) is 50.1 Å². The largest absolute Gasteiger partial charge is 0.172 e. The van der Waals surface area contributed by atoms with E-state index in [4.69, 9.17) is 0 Å². The van der Waals surface area contributed by atoms with E-state index in [0.717, 1.165) is 24.9 Å². The fourth-order valence-corrected chi connectivity index (χ4v) is 4.01. The number of hydrogen-bond donors (Lipinski definition) is 0.